The summed E-state index contributed by atoms with van der Waals surface area (Å²) in [6.45, 7) is 1.95. The minimum absolute atomic E-state index is 0.119. The molecule has 0 bridgehead atoms. The summed E-state index contributed by atoms with van der Waals surface area (Å²) in [6, 6.07) is 5.20. The first-order valence-corrected chi connectivity index (χ1v) is 5.24. The minimum Gasteiger partial charge on any atom is -0.467 e. The number of aliphatic hydroxyl groups is 1. The molecule has 1 N–H and O–H groups in total. The number of rotatable bonds is 7. The maximum absolute atomic E-state index is 9.58. The lowest BCUT2D eigenvalue weighted by atomic mass is 10.1. The fourth-order valence-electron chi connectivity index (χ4n) is 1.32. The van der Waals surface area contributed by atoms with E-state index >= 15 is 0 Å². The largest absolute Gasteiger partial charge is 0.467 e. The van der Waals surface area contributed by atoms with Crippen LogP contribution >= 0.6 is 0 Å². The maximum atomic E-state index is 9.58. The van der Waals surface area contributed by atoms with Gasteiger partial charge in [0, 0.05) is 25.8 Å². The van der Waals surface area contributed by atoms with Crippen molar-refractivity contribution in [3.63, 3.8) is 0 Å². The van der Waals surface area contributed by atoms with Crippen LogP contribution in [-0.4, -0.2) is 32.9 Å². The molecule has 0 saturated carbocycles. The van der Waals surface area contributed by atoms with Crippen LogP contribution in [0, 0.1) is 0 Å². The van der Waals surface area contributed by atoms with Crippen molar-refractivity contribution in [2.24, 2.45) is 0 Å². The van der Waals surface area contributed by atoms with E-state index in [4.69, 9.17) is 18.9 Å². The monoisotopic (exact) mass is 242 g/mol. The molecule has 0 radical (unpaired) electrons. The molecule has 0 aromatic heterocycles. The Morgan fingerprint density at radius 2 is 1.76 bits per heavy atom. The molecule has 1 unspecified atom stereocenters. The second-order valence-electron chi connectivity index (χ2n) is 3.48. The number of hydrogen-bond acceptors (Lipinski definition) is 5. The van der Waals surface area contributed by atoms with Gasteiger partial charge in [-0.1, -0.05) is 0 Å². The van der Waals surface area contributed by atoms with Crippen molar-refractivity contribution in [1.29, 1.82) is 0 Å². The van der Waals surface area contributed by atoms with Gasteiger partial charge in [0.05, 0.1) is 6.10 Å². The molecule has 0 spiro atoms. The van der Waals surface area contributed by atoms with Crippen LogP contribution < -0.4 is 9.47 Å². The van der Waals surface area contributed by atoms with E-state index in [1.807, 2.05) is 0 Å². The molecule has 0 aliphatic rings. The Morgan fingerprint density at radius 3 is 2.35 bits per heavy atom. The van der Waals surface area contributed by atoms with Crippen molar-refractivity contribution in [1.82, 2.24) is 0 Å². The Hall–Kier alpha value is -1.30. The first-order chi connectivity index (χ1) is 8.19. The standard InChI is InChI=1S/C12H18O5/c1-9(13)11-5-4-10(16-7-14-2)6-12(11)17-8-15-3/h4-6,9,13H,7-8H2,1-3H3. The average molecular weight is 242 g/mol. The lowest BCUT2D eigenvalue weighted by Gasteiger charge is -2.14. The first kappa shape index (κ1) is 13.8. The minimum atomic E-state index is -0.613. The lowest BCUT2D eigenvalue weighted by Crippen LogP contribution is -2.05. The summed E-state index contributed by atoms with van der Waals surface area (Å²) in [7, 11) is 3.08. The second-order valence-corrected chi connectivity index (χ2v) is 3.48. The molecule has 0 fully saturated rings. The smallest absolute Gasteiger partial charge is 0.188 e. The molecule has 5 heteroatoms. The van der Waals surface area contributed by atoms with Crippen molar-refractivity contribution in [2.45, 2.75) is 13.0 Å². The summed E-state index contributed by atoms with van der Waals surface area (Å²) in [5, 5.41) is 9.58. The topological polar surface area (TPSA) is 57.2 Å². The number of benzene rings is 1. The van der Waals surface area contributed by atoms with E-state index < -0.39 is 6.10 Å². The molecule has 1 atom stereocenters. The van der Waals surface area contributed by atoms with Crippen molar-refractivity contribution in [2.75, 3.05) is 27.8 Å². The molecule has 0 saturated heterocycles. The Kier molecular flexibility index (Phi) is 5.76. The van der Waals surface area contributed by atoms with Gasteiger partial charge in [-0.05, 0) is 19.1 Å². The SMILES string of the molecule is COCOc1ccc(C(C)O)c(OCOC)c1. The average Bonchev–Trinajstić information content (AvgIpc) is 2.33. The molecular formula is C12H18O5. The first-order valence-electron chi connectivity index (χ1n) is 5.24. The zero-order valence-electron chi connectivity index (χ0n) is 10.3. The van der Waals surface area contributed by atoms with Gasteiger partial charge in [-0.25, -0.2) is 0 Å². The highest BCUT2D eigenvalue weighted by Crippen LogP contribution is 2.29. The van der Waals surface area contributed by atoms with Crippen LogP contribution in [0.5, 0.6) is 11.5 Å². The van der Waals surface area contributed by atoms with Crippen molar-refractivity contribution >= 4 is 0 Å². The number of methoxy groups -OCH3 is 2. The third kappa shape index (κ3) is 4.22. The molecule has 1 rings (SSSR count). The van der Waals surface area contributed by atoms with Crippen LogP contribution in [0.2, 0.25) is 0 Å². The van der Waals surface area contributed by atoms with E-state index in [0.29, 0.717) is 17.1 Å². The molecule has 1 aromatic carbocycles. The molecule has 5 nitrogen and oxygen atoms in total. The lowest BCUT2D eigenvalue weighted by molar-refractivity contribution is 0.0442. The van der Waals surface area contributed by atoms with Crippen LogP contribution in [0.25, 0.3) is 0 Å². The van der Waals surface area contributed by atoms with Crippen LogP contribution in [0.1, 0.15) is 18.6 Å². The predicted octanol–water partition coefficient (Wildman–Crippen LogP) is 1.71. The maximum Gasteiger partial charge on any atom is 0.188 e. The third-order valence-corrected chi connectivity index (χ3v) is 2.11. The van der Waals surface area contributed by atoms with E-state index in [1.54, 1.807) is 32.2 Å². The Labute approximate surface area is 101 Å². The summed E-state index contributed by atoms with van der Waals surface area (Å²) >= 11 is 0. The Balaban J connectivity index is 2.84. The quantitative estimate of drug-likeness (QED) is 0.737. The number of hydrogen-bond donors (Lipinski definition) is 1. The van der Waals surface area contributed by atoms with E-state index in [9.17, 15) is 5.11 Å². The van der Waals surface area contributed by atoms with Gasteiger partial charge in [0.15, 0.2) is 13.6 Å². The van der Waals surface area contributed by atoms with E-state index in [1.165, 1.54) is 7.11 Å². The summed E-state index contributed by atoms with van der Waals surface area (Å²) in [6.07, 6.45) is -0.613. The van der Waals surface area contributed by atoms with Gasteiger partial charge in [-0.2, -0.15) is 0 Å². The van der Waals surface area contributed by atoms with Crippen LogP contribution in [0.15, 0.2) is 18.2 Å². The van der Waals surface area contributed by atoms with E-state index in [-0.39, 0.29) is 13.6 Å². The summed E-state index contributed by atoms with van der Waals surface area (Å²) < 4.78 is 20.3. The van der Waals surface area contributed by atoms with E-state index in [0.717, 1.165) is 0 Å². The van der Waals surface area contributed by atoms with Gasteiger partial charge in [0.2, 0.25) is 0 Å². The highest BCUT2D eigenvalue weighted by atomic mass is 16.7. The second kappa shape index (κ2) is 7.11. The van der Waals surface area contributed by atoms with Crippen LogP contribution in [-0.2, 0) is 9.47 Å². The van der Waals surface area contributed by atoms with Crippen LogP contribution in [0.3, 0.4) is 0 Å². The highest BCUT2D eigenvalue weighted by molar-refractivity contribution is 5.41. The summed E-state index contributed by atoms with van der Waals surface area (Å²) in [4.78, 5) is 0. The number of aliphatic hydroxyl groups excluding tert-OH is 1. The highest BCUT2D eigenvalue weighted by Gasteiger charge is 2.10. The molecule has 17 heavy (non-hydrogen) atoms. The molecule has 0 heterocycles. The molecule has 0 aliphatic carbocycles. The van der Waals surface area contributed by atoms with Gasteiger partial charge in [0.1, 0.15) is 11.5 Å². The van der Waals surface area contributed by atoms with Gasteiger partial charge < -0.3 is 24.1 Å². The van der Waals surface area contributed by atoms with Crippen molar-refractivity contribution < 1.29 is 24.1 Å². The molecule has 0 amide bonds. The predicted molar refractivity (Wildman–Crippen MR) is 62.1 cm³/mol. The van der Waals surface area contributed by atoms with Crippen LogP contribution in [0.4, 0.5) is 0 Å². The molecule has 0 aliphatic heterocycles. The molecular weight excluding hydrogens is 224 g/mol. The Bertz CT molecular complexity index is 338. The van der Waals surface area contributed by atoms with Gasteiger partial charge in [0.25, 0.3) is 0 Å². The van der Waals surface area contributed by atoms with Crippen molar-refractivity contribution in [3.8, 4) is 11.5 Å². The van der Waals surface area contributed by atoms with E-state index in [2.05, 4.69) is 0 Å². The molecule has 1 aromatic rings. The fraction of sp³-hybridized carbons (Fsp3) is 0.500. The summed E-state index contributed by atoms with van der Waals surface area (Å²) in [5.74, 6) is 1.15. The molecule has 96 valence electrons. The number of ether oxygens (including phenoxy) is 4. The zero-order valence-corrected chi connectivity index (χ0v) is 10.3. The van der Waals surface area contributed by atoms with Crippen molar-refractivity contribution in [3.05, 3.63) is 23.8 Å². The zero-order chi connectivity index (χ0) is 12.7. The van der Waals surface area contributed by atoms with Gasteiger partial charge in [-0.15, -0.1) is 0 Å². The summed E-state index contributed by atoms with van der Waals surface area (Å²) in [5.41, 5.74) is 0.687. The van der Waals surface area contributed by atoms with Gasteiger partial charge >= 0.3 is 0 Å². The third-order valence-electron chi connectivity index (χ3n) is 2.11. The van der Waals surface area contributed by atoms with Gasteiger partial charge in [-0.3, -0.25) is 0 Å². The fourth-order valence-corrected chi connectivity index (χ4v) is 1.32. The normalized spacial score (nSPS) is 12.2. The Morgan fingerprint density at radius 1 is 1.12 bits per heavy atom.